The van der Waals surface area contributed by atoms with Gasteiger partial charge in [-0.3, -0.25) is 19.4 Å². The van der Waals surface area contributed by atoms with Gasteiger partial charge in [-0.05, 0) is 25.2 Å². The first-order valence-corrected chi connectivity index (χ1v) is 12.1. The van der Waals surface area contributed by atoms with Gasteiger partial charge in [-0.2, -0.15) is 12.6 Å². The van der Waals surface area contributed by atoms with Crippen molar-refractivity contribution in [2.75, 3.05) is 12.3 Å². The fraction of sp³-hybridized carbons (Fsp3) is 0.619. The molecular weight excluding hydrogens is 490 g/mol. The highest BCUT2D eigenvalue weighted by Gasteiger charge is 2.30. The van der Waals surface area contributed by atoms with Gasteiger partial charge in [-0.15, -0.1) is 0 Å². The number of carbonyl (C=O) groups excluding carboxylic acids is 3. The Morgan fingerprint density at radius 3 is 2.22 bits per heavy atom. The number of amides is 3. The minimum Gasteiger partial charge on any atom is -0.480 e. The minimum absolute atomic E-state index is 0.0196. The molecule has 0 saturated carbocycles. The van der Waals surface area contributed by atoms with Gasteiger partial charge in [0.05, 0.1) is 12.4 Å². The lowest BCUT2D eigenvalue weighted by Crippen LogP contribution is -2.57. The van der Waals surface area contributed by atoms with Crippen LogP contribution in [0, 0.1) is 5.92 Å². The van der Waals surface area contributed by atoms with Crippen LogP contribution in [-0.2, 0) is 25.6 Å². The third-order valence-electron chi connectivity index (χ3n) is 5.05. The number of carbonyl (C=O) groups is 4. The van der Waals surface area contributed by atoms with Gasteiger partial charge in [0.15, 0.2) is 5.96 Å². The van der Waals surface area contributed by atoms with Crippen LogP contribution in [0.2, 0.25) is 0 Å². The van der Waals surface area contributed by atoms with E-state index in [0.29, 0.717) is 12.1 Å². The van der Waals surface area contributed by atoms with E-state index in [-0.39, 0.29) is 43.4 Å². The number of carboxylic acids is 1. The number of hydrogen-bond donors (Lipinski definition) is 9. The van der Waals surface area contributed by atoms with E-state index >= 15 is 0 Å². The van der Waals surface area contributed by atoms with Crippen LogP contribution in [0.25, 0.3) is 0 Å². The highest BCUT2D eigenvalue weighted by Crippen LogP contribution is 2.07. The van der Waals surface area contributed by atoms with Crippen LogP contribution in [0.15, 0.2) is 17.5 Å². The normalized spacial score (nSPS) is 14.2. The Morgan fingerprint density at radius 1 is 1.08 bits per heavy atom. The van der Waals surface area contributed by atoms with Crippen molar-refractivity contribution in [1.82, 2.24) is 25.9 Å². The van der Waals surface area contributed by atoms with Crippen LogP contribution in [0.3, 0.4) is 0 Å². The molecule has 1 rings (SSSR count). The van der Waals surface area contributed by atoms with Crippen LogP contribution in [0.1, 0.15) is 38.8 Å². The number of H-pyrrole nitrogens is 1. The first-order chi connectivity index (χ1) is 16.9. The third-order valence-corrected chi connectivity index (χ3v) is 5.41. The quantitative estimate of drug-likeness (QED) is 0.0491. The van der Waals surface area contributed by atoms with E-state index in [1.165, 1.54) is 12.5 Å². The Bertz CT molecular complexity index is 890. The molecule has 11 N–H and O–H groups in total. The molecule has 0 aliphatic heterocycles. The molecule has 1 aromatic heterocycles. The molecule has 1 aromatic rings. The van der Waals surface area contributed by atoms with E-state index in [4.69, 9.17) is 17.2 Å². The van der Waals surface area contributed by atoms with Gasteiger partial charge < -0.3 is 43.2 Å². The average molecular weight is 528 g/mol. The number of imidazole rings is 1. The molecule has 15 heteroatoms. The molecule has 4 atom stereocenters. The lowest BCUT2D eigenvalue weighted by atomic mass is 10.0. The maximum Gasteiger partial charge on any atom is 0.326 e. The smallest absolute Gasteiger partial charge is 0.326 e. The minimum atomic E-state index is -1.18. The van der Waals surface area contributed by atoms with Crippen LogP contribution in [0.5, 0.6) is 0 Å². The molecule has 3 amide bonds. The number of thiol groups is 1. The molecule has 0 radical (unpaired) electrons. The Kier molecular flexibility index (Phi) is 13.3. The number of hydrogen-bond acceptors (Lipinski definition) is 8. The molecule has 0 aliphatic carbocycles. The molecule has 0 bridgehead atoms. The summed E-state index contributed by atoms with van der Waals surface area (Å²) < 4.78 is 0. The number of nitrogens with two attached hydrogens (primary N) is 3. The largest absolute Gasteiger partial charge is 0.480 e. The molecule has 1 heterocycles. The number of guanidine groups is 1. The van der Waals surface area contributed by atoms with E-state index in [0.717, 1.165) is 0 Å². The summed E-state index contributed by atoms with van der Waals surface area (Å²) in [6.07, 6.45) is 3.87. The number of rotatable bonds is 16. The number of nitrogens with zero attached hydrogens (tertiary/aromatic N) is 2. The van der Waals surface area contributed by atoms with Crippen molar-refractivity contribution in [2.45, 2.75) is 63.7 Å². The monoisotopic (exact) mass is 527 g/mol. The third kappa shape index (κ3) is 11.4. The molecule has 0 aliphatic rings. The van der Waals surface area contributed by atoms with Gasteiger partial charge >= 0.3 is 5.97 Å². The number of aromatic nitrogens is 2. The molecule has 0 saturated heterocycles. The van der Waals surface area contributed by atoms with Crippen LogP contribution >= 0.6 is 12.6 Å². The first kappa shape index (κ1) is 30.7. The van der Waals surface area contributed by atoms with E-state index < -0.39 is 47.9 Å². The van der Waals surface area contributed by atoms with E-state index in [1.807, 2.05) is 13.8 Å². The highest BCUT2D eigenvalue weighted by molar-refractivity contribution is 7.80. The second-order valence-electron chi connectivity index (χ2n) is 8.67. The summed E-state index contributed by atoms with van der Waals surface area (Å²) in [7, 11) is 0. The fourth-order valence-electron chi connectivity index (χ4n) is 3.21. The Labute approximate surface area is 215 Å². The van der Waals surface area contributed by atoms with Crippen molar-refractivity contribution in [2.24, 2.45) is 28.1 Å². The standard InChI is InChI=1S/C21H37N9O5S/c1-11(2)6-15(20(34)35)29-19(33)16(9-36)30-18(32)14(4-3-5-26-21(23)24)28-17(31)13(22)7-12-8-25-10-27-12/h8,10-11,13-16,36H,3-7,9,22H2,1-2H3,(H,25,27)(H,28,31)(H,29,33)(H,30,32)(H,34,35)(H4,23,24,26). The summed E-state index contributed by atoms with van der Waals surface area (Å²) >= 11 is 4.12. The molecule has 0 spiro atoms. The fourth-order valence-corrected chi connectivity index (χ4v) is 3.47. The lowest BCUT2D eigenvalue weighted by Gasteiger charge is -2.24. The topological polar surface area (TPSA) is 244 Å². The summed E-state index contributed by atoms with van der Waals surface area (Å²) in [5, 5.41) is 16.9. The first-order valence-electron chi connectivity index (χ1n) is 11.5. The lowest BCUT2D eigenvalue weighted by molar-refractivity contribution is -0.142. The second kappa shape index (κ2) is 15.6. The zero-order valence-electron chi connectivity index (χ0n) is 20.4. The summed E-state index contributed by atoms with van der Waals surface area (Å²) in [5.74, 6) is -3.31. The second-order valence-corrected chi connectivity index (χ2v) is 9.04. The Morgan fingerprint density at radius 2 is 1.69 bits per heavy atom. The van der Waals surface area contributed by atoms with Gasteiger partial charge in [-0.1, -0.05) is 13.8 Å². The highest BCUT2D eigenvalue weighted by atomic mass is 32.1. The number of nitrogens with one attached hydrogen (secondary N) is 4. The molecule has 36 heavy (non-hydrogen) atoms. The maximum atomic E-state index is 13.0. The van der Waals surface area contributed by atoms with Crippen molar-refractivity contribution < 1.29 is 24.3 Å². The van der Waals surface area contributed by atoms with Crippen molar-refractivity contribution >= 4 is 42.3 Å². The van der Waals surface area contributed by atoms with Crippen molar-refractivity contribution in [1.29, 1.82) is 0 Å². The van der Waals surface area contributed by atoms with E-state index in [1.54, 1.807) is 0 Å². The van der Waals surface area contributed by atoms with Gasteiger partial charge in [0.25, 0.3) is 0 Å². The molecule has 14 nitrogen and oxygen atoms in total. The predicted molar refractivity (Wildman–Crippen MR) is 137 cm³/mol. The Hall–Kier alpha value is -3.33. The Balaban J connectivity index is 2.88. The predicted octanol–water partition coefficient (Wildman–Crippen LogP) is -2.15. The van der Waals surface area contributed by atoms with E-state index in [2.05, 4.69) is 43.5 Å². The summed E-state index contributed by atoms with van der Waals surface area (Å²) in [6, 6.07) is -4.27. The SMILES string of the molecule is CC(C)CC(NC(=O)C(CS)NC(=O)C(CCCN=C(N)N)NC(=O)C(N)Cc1cnc[nH]1)C(=O)O. The van der Waals surface area contributed by atoms with Gasteiger partial charge in [0, 0.05) is 30.6 Å². The maximum absolute atomic E-state index is 13.0. The van der Waals surface area contributed by atoms with E-state index in [9.17, 15) is 24.3 Å². The molecular formula is C21H37N9O5S. The zero-order valence-corrected chi connectivity index (χ0v) is 21.3. The average Bonchev–Trinajstić information content (AvgIpc) is 3.30. The molecule has 0 aromatic carbocycles. The summed E-state index contributed by atoms with van der Waals surface area (Å²) in [6.45, 7) is 3.87. The number of aliphatic imine (C=N–C) groups is 1. The van der Waals surface area contributed by atoms with Crippen LogP contribution in [-0.4, -0.2) is 81.2 Å². The van der Waals surface area contributed by atoms with Crippen molar-refractivity contribution in [3.63, 3.8) is 0 Å². The number of aliphatic carboxylic acids is 1. The van der Waals surface area contributed by atoms with Gasteiger partial charge in [0.2, 0.25) is 17.7 Å². The summed E-state index contributed by atoms with van der Waals surface area (Å²) in [4.78, 5) is 60.4. The zero-order chi connectivity index (χ0) is 27.3. The van der Waals surface area contributed by atoms with Crippen molar-refractivity contribution in [3.05, 3.63) is 18.2 Å². The molecule has 0 fully saturated rings. The van der Waals surface area contributed by atoms with Crippen LogP contribution in [0.4, 0.5) is 0 Å². The molecule has 202 valence electrons. The number of carboxylic acid groups (broad SMARTS) is 1. The van der Waals surface area contributed by atoms with Crippen LogP contribution < -0.4 is 33.2 Å². The summed E-state index contributed by atoms with van der Waals surface area (Å²) in [5.41, 5.74) is 17.3. The van der Waals surface area contributed by atoms with Gasteiger partial charge in [0.1, 0.15) is 18.1 Å². The van der Waals surface area contributed by atoms with Crippen molar-refractivity contribution in [3.8, 4) is 0 Å². The molecule has 4 unspecified atom stereocenters. The van der Waals surface area contributed by atoms with Gasteiger partial charge in [-0.25, -0.2) is 9.78 Å². The number of aromatic amines is 1.